The van der Waals surface area contributed by atoms with Crippen molar-refractivity contribution < 1.29 is 14.6 Å². The Balaban J connectivity index is 1.98. The zero-order chi connectivity index (χ0) is 13.0. The maximum Gasteiger partial charge on any atom is 0.308 e. The Morgan fingerprint density at radius 2 is 2.06 bits per heavy atom. The standard InChI is InChI=1S/C14H25NO3/c1-18-10-11-7-8-15(9-11)13-6-4-2-3-5-12(13)14(16)17/h11-13H,2-10H2,1H3,(H,16,17). The van der Waals surface area contributed by atoms with Crippen molar-refractivity contribution in [3.8, 4) is 0 Å². The summed E-state index contributed by atoms with van der Waals surface area (Å²) in [5.41, 5.74) is 0. The van der Waals surface area contributed by atoms with Gasteiger partial charge in [0.05, 0.1) is 12.5 Å². The molecule has 0 bridgehead atoms. The van der Waals surface area contributed by atoms with Crippen molar-refractivity contribution in [3.05, 3.63) is 0 Å². The number of hydrogen-bond acceptors (Lipinski definition) is 3. The van der Waals surface area contributed by atoms with Gasteiger partial charge in [-0.25, -0.2) is 0 Å². The number of aliphatic carboxylic acids is 1. The molecule has 0 amide bonds. The van der Waals surface area contributed by atoms with Crippen molar-refractivity contribution in [2.45, 2.75) is 44.6 Å². The lowest BCUT2D eigenvalue weighted by molar-refractivity contribution is -0.144. The summed E-state index contributed by atoms with van der Waals surface area (Å²) in [5, 5.41) is 9.41. The van der Waals surface area contributed by atoms with Crippen LogP contribution in [0.1, 0.15) is 38.5 Å². The highest BCUT2D eigenvalue weighted by molar-refractivity contribution is 5.70. The van der Waals surface area contributed by atoms with E-state index >= 15 is 0 Å². The molecule has 1 N–H and O–H groups in total. The lowest BCUT2D eigenvalue weighted by atomic mass is 9.93. The SMILES string of the molecule is COCC1CCN(C2CCCCCC2C(=O)O)C1. The van der Waals surface area contributed by atoms with Crippen molar-refractivity contribution in [1.29, 1.82) is 0 Å². The summed E-state index contributed by atoms with van der Waals surface area (Å²) in [5.74, 6) is -0.168. The van der Waals surface area contributed by atoms with Gasteiger partial charge in [-0.1, -0.05) is 19.3 Å². The number of ether oxygens (including phenoxy) is 1. The monoisotopic (exact) mass is 255 g/mol. The van der Waals surface area contributed by atoms with E-state index in [0.717, 1.165) is 45.4 Å². The molecule has 1 saturated heterocycles. The van der Waals surface area contributed by atoms with Gasteiger partial charge in [0.15, 0.2) is 0 Å². The van der Waals surface area contributed by atoms with E-state index in [1.807, 2.05) is 0 Å². The first-order valence-corrected chi connectivity index (χ1v) is 7.18. The lowest BCUT2D eigenvalue weighted by Crippen LogP contribution is -2.42. The molecule has 1 saturated carbocycles. The van der Waals surface area contributed by atoms with Crippen LogP contribution in [0.4, 0.5) is 0 Å². The number of carboxylic acid groups (broad SMARTS) is 1. The molecule has 0 aromatic carbocycles. The molecule has 3 atom stereocenters. The summed E-state index contributed by atoms with van der Waals surface area (Å²) in [4.78, 5) is 13.8. The van der Waals surface area contributed by atoms with Gasteiger partial charge < -0.3 is 9.84 Å². The van der Waals surface area contributed by atoms with E-state index in [2.05, 4.69) is 4.90 Å². The van der Waals surface area contributed by atoms with E-state index in [-0.39, 0.29) is 12.0 Å². The molecule has 3 unspecified atom stereocenters. The van der Waals surface area contributed by atoms with Crippen molar-refractivity contribution in [3.63, 3.8) is 0 Å². The number of carbonyl (C=O) groups is 1. The molecular formula is C14H25NO3. The minimum Gasteiger partial charge on any atom is -0.481 e. The lowest BCUT2D eigenvalue weighted by Gasteiger charge is -2.31. The molecule has 0 aromatic heterocycles. The van der Waals surface area contributed by atoms with Crippen LogP contribution in [0.5, 0.6) is 0 Å². The van der Waals surface area contributed by atoms with Gasteiger partial charge in [-0.2, -0.15) is 0 Å². The molecular weight excluding hydrogens is 230 g/mol. The topological polar surface area (TPSA) is 49.8 Å². The van der Waals surface area contributed by atoms with E-state index in [9.17, 15) is 9.90 Å². The number of methoxy groups -OCH3 is 1. The van der Waals surface area contributed by atoms with Crippen LogP contribution in [0.15, 0.2) is 0 Å². The normalized spacial score (nSPS) is 34.4. The van der Waals surface area contributed by atoms with E-state index < -0.39 is 5.97 Å². The Morgan fingerprint density at radius 1 is 1.28 bits per heavy atom. The number of rotatable bonds is 4. The highest BCUT2D eigenvalue weighted by atomic mass is 16.5. The fourth-order valence-electron chi connectivity index (χ4n) is 3.55. The van der Waals surface area contributed by atoms with E-state index in [1.54, 1.807) is 7.11 Å². The first-order chi connectivity index (χ1) is 8.72. The van der Waals surface area contributed by atoms with Crippen molar-refractivity contribution >= 4 is 5.97 Å². The Morgan fingerprint density at radius 3 is 2.78 bits per heavy atom. The minimum atomic E-state index is -0.600. The fraction of sp³-hybridized carbons (Fsp3) is 0.929. The van der Waals surface area contributed by atoms with Gasteiger partial charge in [0.2, 0.25) is 0 Å². The van der Waals surface area contributed by atoms with E-state index in [0.29, 0.717) is 5.92 Å². The van der Waals surface area contributed by atoms with Crippen LogP contribution in [0.2, 0.25) is 0 Å². The van der Waals surface area contributed by atoms with Gasteiger partial charge >= 0.3 is 5.97 Å². The van der Waals surface area contributed by atoms with Gasteiger partial charge in [-0.15, -0.1) is 0 Å². The zero-order valence-electron chi connectivity index (χ0n) is 11.3. The summed E-state index contributed by atoms with van der Waals surface area (Å²) >= 11 is 0. The predicted octanol–water partition coefficient (Wildman–Crippen LogP) is 1.99. The fourth-order valence-corrected chi connectivity index (χ4v) is 3.55. The minimum absolute atomic E-state index is 0.159. The van der Waals surface area contributed by atoms with Crippen LogP contribution in [-0.2, 0) is 9.53 Å². The molecule has 4 heteroatoms. The maximum absolute atomic E-state index is 11.4. The number of carboxylic acids is 1. The van der Waals surface area contributed by atoms with Gasteiger partial charge in [0.1, 0.15) is 0 Å². The molecule has 0 aromatic rings. The van der Waals surface area contributed by atoms with Crippen molar-refractivity contribution in [1.82, 2.24) is 4.90 Å². The third kappa shape index (κ3) is 3.23. The smallest absolute Gasteiger partial charge is 0.308 e. The third-order valence-corrected chi connectivity index (χ3v) is 4.49. The second kappa shape index (κ2) is 6.53. The Kier molecular flexibility index (Phi) is 5.01. The van der Waals surface area contributed by atoms with Crippen LogP contribution in [0.3, 0.4) is 0 Å². The molecule has 1 aliphatic carbocycles. The average Bonchev–Trinajstić information content (AvgIpc) is 2.65. The summed E-state index contributed by atoms with van der Waals surface area (Å²) in [7, 11) is 1.74. The molecule has 18 heavy (non-hydrogen) atoms. The first kappa shape index (κ1) is 13.8. The van der Waals surface area contributed by atoms with Crippen LogP contribution in [-0.4, -0.2) is 48.8 Å². The molecule has 104 valence electrons. The Labute approximate surface area is 109 Å². The molecule has 1 aliphatic heterocycles. The molecule has 0 spiro atoms. The number of hydrogen-bond donors (Lipinski definition) is 1. The summed E-state index contributed by atoms with van der Waals surface area (Å²) in [6.45, 7) is 2.87. The molecule has 4 nitrogen and oxygen atoms in total. The molecule has 2 rings (SSSR count). The molecule has 1 heterocycles. The average molecular weight is 255 g/mol. The van der Waals surface area contributed by atoms with Crippen LogP contribution in [0, 0.1) is 11.8 Å². The van der Waals surface area contributed by atoms with E-state index in [1.165, 1.54) is 12.8 Å². The maximum atomic E-state index is 11.4. The van der Waals surface area contributed by atoms with Crippen molar-refractivity contribution in [2.75, 3.05) is 26.8 Å². The summed E-state index contributed by atoms with van der Waals surface area (Å²) < 4.78 is 5.22. The molecule has 2 aliphatic rings. The Bertz CT molecular complexity index is 282. The van der Waals surface area contributed by atoms with Gasteiger partial charge in [-0.3, -0.25) is 9.69 Å². The predicted molar refractivity (Wildman–Crippen MR) is 69.6 cm³/mol. The highest BCUT2D eigenvalue weighted by Crippen LogP contribution is 2.31. The molecule has 2 fully saturated rings. The highest BCUT2D eigenvalue weighted by Gasteiger charge is 2.36. The summed E-state index contributed by atoms with van der Waals surface area (Å²) in [6, 6.07) is 0.256. The van der Waals surface area contributed by atoms with Gasteiger partial charge in [0.25, 0.3) is 0 Å². The first-order valence-electron chi connectivity index (χ1n) is 7.18. The Hall–Kier alpha value is -0.610. The van der Waals surface area contributed by atoms with Gasteiger partial charge in [-0.05, 0) is 31.7 Å². The quantitative estimate of drug-likeness (QED) is 0.781. The van der Waals surface area contributed by atoms with Crippen LogP contribution in [0.25, 0.3) is 0 Å². The second-order valence-corrected chi connectivity index (χ2v) is 5.76. The second-order valence-electron chi connectivity index (χ2n) is 5.76. The van der Waals surface area contributed by atoms with Gasteiger partial charge in [0, 0.05) is 19.7 Å². The molecule has 0 radical (unpaired) electrons. The summed E-state index contributed by atoms with van der Waals surface area (Å²) in [6.07, 6.45) is 6.50. The van der Waals surface area contributed by atoms with Crippen LogP contribution >= 0.6 is 0 Å². The van der Waals surface area contributed by atoms with Crippen LogP contribution < -0.4 is 0 Å². The van der Waals surface area contributed by atoms with Crippen molar-refractivity contribution in [2.24, 2.45) is 11.8 Å². The number of nitrogens with zero attached hydrogens (tertiary/aromatic N) is 1. The zero-order valence-corrected chi connectivity index (χ0v) is 11.3. The third-order valence-electron chi connectivity index (χ3n) is 4.49. The number of likely N-dealkylation sites (tertiary alicyclic amines) is 1. The largest absolute Gasteiger partial charge is 0.481 e. The van der Waals surface area contributed by atoms with E-state index in [4.69, 9.17) is 4.74 Å².